The standard InChI is InChI=1S/C21H27N9O/c1-13-17(22)21(12-31-13)4-8-29(9-5-21)15-11-25-16-19(26-15)27-28-20(16)30-10-7-24-18-14(30)3-2-6-23-18/h2-3,6,11,13,17H,4-5,7-10,12,22H2,1H3,(H,23,24)(H,26,27,28)/t13-,17+/m0/s1. The van der Waals surface area contributed by atoms with E-state index in [2.05, 4.69) is 37.2 Å². The number of nitrogens with two attached hydrogens (primary N) is 1. The number of anilines is 4. The molecule has 0 bridgehead atoms. The maximum absolute atomic E-state index is 6.46. The highest BCUT2D eigenvalue weighted by atomic mass is 16.5. The summed E-state index contributed by atoms with van der Waals surface area (Å²) in [5.41, 5.74) is 9.02. The van der Waals surface area contributed by atoms with Crippen molar-refractivity contribution < 1.29 is 4.74 Å². The van der Waals surface area contributed by atoms with E-state index >= 15 is 0 Å². The molecule has 10 nitrogen and oxygen atoms in total. The van der Waals surface area contributed by atoms with E-state index in [9.17, 15) is 0 Å². The van der Waals surface area contributed by atoms with Crippen LogP contribution in [0, 0.1) is 5.41 Å². The van der Waals surface area contributed by atoms with Gasteiger partial charge in [-0.1, -0.05) is 0 Å². The van der Waals surface area contributed by atoms with Crippen molar-refractivity contribution in [2.75, 3.05) is 47.9 Å². The monoisotopic (exact) mass is 421 g/mol. The van der Waals surface area contributed by atoms with Crippen molar-refractivity contribution in [2.45, 2.75) is 31.9 Å². The summed E-state index contributed by atoms with van der Waals surface area (Å²) in [6.45, 7) is 6.23. The summed E-state index contributed by atoms with van der Waals surface area (Å²) in [5.74, 6) is 2.52. The summed E-state index contributed by atoms with van der Waals surface area (Å²) in [4.78, 5) is 18.4. The number of fused-ring (bicyclic) bond motifs is 2. The Hall–Kier alpha value is -2.98. The predicted molar refractivity (Wildman–Crippen MR) is 119 cm³/mol. The number of aromatic amines is 1. The van der Waals surface area contributed by atoms with E-state index in [4.69, 9.17) is 20.4 Å². The van der Waals surface area contributed by atoms with Gasteiger partial charge < -0.3 is 25.6 Å². The molecule has 3 aliphatic rings. The fourth-order valence-corrected chi connectivity index (χ4v) is 5.15. The minimum Gasteiger partial charge on any atom is -0.376 e. The number of rotatable bonds is 2. The molecular weight excluding hydrogens is 394 g/mol. The molecule has 2 fully saturated rings. The molecule has 0 saturated carbocycles. The molecule has 0 radical (unpaired) electrons. The Balaban J connectivity index is 1.25. The van der Waals surface area contributed by atoms with Crippen molar-refractivity contribution in [3.8, 4) is 0 Å². The molecule has 0 aromatic carbocycles. The third-order valence-electron chi connectivity index (χ3n) is 7.13. The highest BCUT2D eigenvalue weighted by Crippen LogP contribution is 2.42. The van der Waals surface area contributed by atoms with Gasteiger partial charge in [0, 0.05) is 43.8 Å². The van der Waals surface area contributed by atoms with Crippen molar-refractivity contribution in [2.24, 2.45) is 11.1 Å². The molecule has 2 atom stereocenters. The summed E-state index contributed by atoms with van der Waals surface area (Å²) in [5, 5.41) is 11.0. The second kappa shape index (κ2) is 7.03. The number of piperidine rings is 1. The van der Waals surface area contributed by atoms with E-state index in [-0.39, 0.29) is 17.6 Å². The molecule has 31 heavy (non-hydrogen) atoms. The molecule has 3 aromatic rings. The quantitative estimate of drug-likeness (QED) is 0.567. The second-order valence-corrected chi connectivity index (χ2v) is 8.81. The Morgan fingerprint density at radius 3 is 2.90 bits per heavy atom. The lowest BCUT2D eigenvalue weighted by Crippen LogP contribution is -2.50. The Bertz CT molecular complexity index is 1110. The number of pyridine rings is 1. The van der Waals surface area contributed by atoms with Crippen molar-refractivity contribution in [1.82, 2.24) is 25.1 Å². The van der Waals surface area contributed by atoms with E-state index in [1.807, 2.05) is 18.3 Å². The van der Waals surface area contributed by atoms with Crippen LogP contribution in [0.15, 0.2) is 24.5 Å². The second-order valence-electron chi connectivity index (χ2n) is 8.81. The topological polar surface area (TPSA) is 121 Å². The van der Waals surface area contributed by atoms with Gasteiger partial charge in [-0.25, -0.2) is 15.0 Å². The predicted octanol–water partition coefficient (Wildman–Crippen LogP) is 1.64. The van der Waals surface area contributed by atoms with Gasteiger partial charge in [-0.05, 0) is 31.9 Å². The first-order valence-electron chi connectivity index (χ1n) is 10.9. The Morgan fingerprint density at radius 2 is 2.10 bits per heavy atom. The van der Waals surface area contributed by atoms with Gasteiger partial charge in [0.25, 0.3) is 0 Å². The average Bonchev–Trinajstić information content (AvgIpc) is 3.36. The van der Waals surface area contributed by atoms with Crippen LogP contribution in [0.2, 0.25) is 0 Å². The molecular formula is C21H27N9O. The first-order chi connectivity index (χ1) is 15.1. The van der Waals surface area contributed by atoms with Crippen LogP contribution in [-0.2, 0) is 4.74 Å². The lowest BCUT2D eigenvalue weighted by Gasteiger charge is -2.41. The van der Waals surface area contributed by atoms with Crippen LogP contribution in [0.5, 0.6) is 0 Å². The molecule has 4 N–H and O–H groups in total. The highest BCUT2D eigenvalue weighted by Gasteiger charge is 2.47. The van der Waals surface area contributed by atoms with E-state index < -0.39 is 0 Å². The van der Waals surface area contributed by atoms with Crippen LogP contribution in [-0.4, -0.2) is 70.1 Å². The summed E-state index contributed by atoms with van der Waals surface area (Å²) in [6, 6.07) is 4.08. The van der Waals surface area contributed by atoms with Crippen LogP contribution in [0.1, 0.15) is 19.8 Å². The normalized spacial score (nSPS) is 25.1. The highest BCUT2D eigenvalue weighted by molar-refractivity contribution is 5.89. The van der Waals surface area contributed by atoms with Crippen molar-refractivity contribution in [1.29, 1.82) is 0 Å². The molecule has 6 rings (SSSR count). The van der Waals surface area contributed by atoms with Gasteiger partial charge in [-0.2, -0.15) is 5.10 Å². The summed E-state index contributed by atoms with van der Waals surface area (Å²) in [6.07, 6.45) is 5.81. The van der Waals surface area contributed by atoms with Gasteiger partial charge in [-0.15, -0.1) is 0 Å². The number of hydrogen-bond acceptors (Lipinski definition) is 9. The first kappa shape index (κ1) is 18.8. The largest absolute Gasteiger partial charge is 0.376 e. The molecule has 1 spiro atoms. The van der Waals surface area contributed by atoms with Gasteiger partial charge in [-0.3, -0.25) is 5.10 Å². The zero-order chi connectivity index (χ0) is 21.0. The number of ether oxygens (including phenoxy) is 1. The molecule has 6 heterocycles. The molecule has 10 heteroatoms. The minimum atomic E-state index is 0.0956. The lowest BCUT2D eigenvalue weighted by molar-refractivity contribution is 0.0974. The number of H-pyrrole nitrogens is 1. The Morgan fingerprint density at radius 1 is 1.23 bits per heavy atom. The van der Waals surface area contributed by atoms with Crippen molar-refractivity contribution in [3.05, 3.63) is 24.5 Å². The molecule has 2 saturated heterocycles. The number of nitrogens with one attached hydrogen (secondary N) is 2. The number of nitrogens with zero attached hydrogens (tertiary/aromatic N) is 6. The van der Waals surface area contributed by atoms with Gasteiger partial charge in [0.2, 0.25) is 0 Å². The maximum Gasteiger partial charge on any atom is 0.183 e. The zero-order valence-electron chi connectivity index (χ0n) is 17.6. The SMILES string of the molecule is C[C@@H]1OCC2(CCN(c3cnc4c(N5CCNc6ncccc65)n[nH]c4n3)CC2)[C@@H]1N. The fourth-order valence-electron chi connectivity index (χ4n) is 5.15. The minimum absolute atomic E-state index is 0.0956. The lowest BCUT2D eigenvalue weighted by atomic mass is 9.73. The van der Waals surface area contributed by atoms with E-state index in [0.717, 1.165) is 74.3 Å². The average molecular weight is 422 g/mol. The zero-order valence-corrected chi connectivity index (χ0v) is 17.6. The molecule has 0 unspecified atom stereocenters. The van der Waals surface area contributed by atoms with Gasteiger partial charge in [0.1, 0.15) is 11.6 Å². The van der Waals surface area contributed by atoms with Gasteiger partial charge in [0.15, 0.2) is 17.0 Å². The number of aromatic nitrogens is 5. The fraction of sp³-hybridized carbons (Fsp3) is 0.524. The van der Waals surface area contributed by atoms with Crippen LogP contribution < -0.4 is 20.9 Å². The first-order valence-corrected chi connectivity index (χ1v) is 10.9. The Kier molecular flexibility index (Phi) is 4.25. The van der Waals surface area contributed by atoms with E-state index in [1.165, 1.54) is 0 Å². The van der Waals surface area contributed by atoms with Crippen molar-refractivity contribution >= 4 is 34.3 Å². The van der Waals surface area contributed by atoms with E-state index in [1.54, 1.807) is 6.20 Å². The number of hydrogen-bond donors (Lipinski definition) is 3. The third-order valence-corrected chi connectivity index (χ3v) is 7.13. The molecule has 162 valence electrons. The van der Waals surface area contributed by atoms with Crippen molar-refractivity contribution in [3.63, 3.8) is 0 Å². The third kappa shape index (κ3) is 2.93. The summed E-state index contributed by atoms with van der Waals surface area (Å²) < 4.78 is 5.84. The maximum atomic E-state index is 6.46. The van der Waals surface area contributed by atoms with Crippen LogP contribution in [0.25, 0.3) is 11.2 Å². The van der Waals surface area contributed by atoms with Crippen LogP contribution in [0.3, 0.4) is 0 Å². The smallest absolute Gasteiger partial charge is 0.183 e. The van der Waals surface area contributed by atoms with Gasteiger partial charge >= 0.3 is 0 Å². The van der Waals surface area contributed by atoms with E-state index in [0.29, 0.717) is 5.65 Å². The molecule has 0 aliphatic carbocycles. The Labute approximate surface area is 180 Å². The van der Waals surface area contributed by atoms with Gasteiger partial charge in [0.05, 0.1) is 24.6 Å². The summed E-state index contributed by atoms with van der Waals surface area (Å²) in [7, 11) is 0. The van der Waals surface area contributed by atoms with Crippen LogP contribution >= 0.6 is 0 Å². The van der Waals surface area contributed by atoms with Crippen LogP contribution in [0.4, 0.5) is 23.1 Å². The summed E-state index contributed by atoms with van der Waals surface area (Å²) >= 11 is 0. The molecule has 0 amide bonds. The molecule has 3 aromatic heterocycles. The molecule has 3 aliphatic heterocycles.